The van der Waals surface area contributed by atoms with Crippen LogP contribution in [-0.4, -0.2) is 18.9 Å². The maximum absolute atomic E-state index is 5.23. The van der Waals surface area contributed by atoms with Crippen molar-refractivity contribution in [3.05, 3.63) is 170 Å². The van der Waals surface area contributed by atoms with Crippen molar-refractivity contribution in [3.63, 3.8) is 0 Å². The zero-order valence-corrected chi connectivity index (χ0v) is 28.0. The van der Waals surface area contributed by atoms with E-state index >= 15 is 0 Å². The summed E-state index contributed by atoms with van der Waals surface area (Å²) in [5, 5.41) is 11.0. The highest BCUT2D eigenvalue weighted by molar-refractivity contribution is 6.31. The number of hydrogen-bond donors (Lipinski definition) is 0. The second-order valence-electron chi connectivity index (χ2n) is 13.8. The monoisotopic (exact) mass is 660 g/mol. The van der Waals surface area contributed by atoms with E-state index < -0.39 is 0 Å². The fraction of sp³-hybridized carbons (Fsp3) is 0. The van der Waals surface area contributed by atoms with Gasteiger partial charge in [-0.05, 0) is 65.4 Å². The van der Waals surface area contributed by atoms with Gasteiger partial charge in [0.1, 0.15) is 0 Å². The molecule has 12 aromatic rings. The van der Waals surface area contributed by atoms with Crippen molar-refractivity contribution in [2.45, 2.75) is 0 Å². The van der Waals surface area contributed by atoms with E-state index in [0.29, 0.717) is 0 Å². The maximum Gasteiger partial charge on any atom is 0.160 e. The number of benzene rings is 8. The fourth-order valence-electron chi connectivity index (χ4n) is 8.83. The minimum atomic E-state index is 0.718. The Labute approximate surface area is 297 Å². The first-order chi connectivity index (χ1) is 25.8. The topological polar surface area (TPSA) is 35.1 Å². The lowest BCUT2D eigenvalue weighted by Gasteiger charge is -2.13. The summed E-state index contributed by atoms with van der Waals surface area (Å²) >= 11 is 0. The Morgan fingerprint density at radius 1 is 0.365 bits per heavy atom. The number of rotatable bonds is 3. The summed E-state index contributed by atoms with van der Waals surface area (Å²) in [5.74, 6) is 0.718. The minimum absolute atomic E-state index is 0.718. The average Bonchev–Trinajstić information content (AvgIpc) is 3.70. The molecule has 0 amide bonds. The SMILES string of the molecule is c1ccc(-c2nc(-c3ccc(-n4c5cccc6c7cccc8c9ccccc9n(c9cccc4c9c65)c78)cc3)nc3c2ccc2ccccc23)cc1. The van der Waals surface area contributed by atoms with Crippen LogP contribution in [0.5, 0.6) is 0 Å². The first kappa shape index (κ1) is 27.7. The molecule has 4 heteroatoms. The van der Waals surface area contributed by atoms with Gasteiger partial charge in [0.05, 0.1) is 38.8 Å². The van der Waals surface area contributed by atoms with Gasteiger partial charge in [0.2, 0.25) is 0 Å². The molecule has 0 radical (unpaired) electrons. The molecule has 0 saturated carbocycles. The summed E-state index contributed by atoms with van der Waals surface area (Å²) in [6, 6.07) is 61.1. The molecule has 240 valence electrons. The highest BCUT2D eigenvalue weighted by atomic mass is 15.0. The first-order valence-electron chi connectivity index (χ1n) is 17.8. The number of nitrogens with zero attached hydrogens (tertiary/aromatic N) is 4. The van der Waals surface area contributed by atoms with Crippen molar-refractivity contribution in [1.82, 2.24) is 18.9 Å². The van der Waals surface area contributed by atoms with Gasteiger partial charge in [-0.1, -0.05) is 115 Å². The number of fused-ring (bicyclic) bond motifs is 8. The molecule has 8 aromatic carbocycles. The second-order valence-corrected chi connectivity index (χ2v) is 13.8. The van der Waals surface area contributed by atoms with Gasteiger partial charge >= 0.3 is 0 Å². The predicted molar refractivity (Wildman–Crippen MR) is 217 cm³/mol. The van der Waals surface area contributed by atoms with Crippen molar-refractivity contribution in [2.24, 2.45) is 0 Å². The first-order valence-corrected chi connectivity index (χ1v) is 17.8. The minimum Gasteiger partial charge on any atom is -0.309 e. The van der Waals surface area contributed by atoms with E-state index in [0.717, 1.165) is 44.6 Å². The molecule has 0 spiro atoms. The van der Waals surface area contributed by atoms with Crippen LogP contribution in [0.25, 0.3) is 110 Å². The smallest absolute Gasteiger partial charge is 0.160 e. The molecule has 0 atom stereocenters. The van der Waals surface area contributed by atoms with Gasteiger partial charge in [0.15, 0.2) is 5.82 Å². The molecule has 0 aliphatic rings. The molecule has 0 saturated heterocycles. The molecule has 4 nitrogen and oxygen atoms in total. The van der Waals surface area contributed by atoms with E-state index in [1.807, 2.05) is 6.07 Å². The normalized spacial score (nSPS) is 12.2. The lowest BCUT2D eigenvalue weighted by Crippen LogP contribution is -1.97. The van der Waals surface area contributed by atoms with Gasteiger partial charge in [-0.3, -0.25) is 0 Å². The van der Waals surface area contributed by atoms with E-state index in [9.17, 15) is 0 Å². The van der Waals surface area contributed by atoms with Gasteiger partial charge in [-0.2, -0.15) is 0 Å². The molecule has 12 rings (SSSR count). The van der Waals surface area contributed by atoms with E-state index in [1.54, 1.807) is 0 Å². The summed E-state index contributed by atoms with van der Waals surface area (Å²) in [6.45, 7) is 0. The van der Waals surface area contributed by atoms with Crippen LogP contribution in [0.4, 0.5) is 0 Å². The van der Waals surface area contributed by atoms with Crippen molar-refractivity contribution in [1.29, 1.82) is 0 Å². The highest BCUT2D eigenvalue weighted by Gasteiger charge is 2.22. The van der Waals surface area contributed by atoms with E-state index in [4.69, 9.17) is 9.97 Å². The summed E-state index contributed by atoms with van der Waals surface area (Å²) < 4.78 is 4.91. The van der Waals surface area contributed by atoms with Crippen LogP contribution in [0.2, 0.25) is 0 Å². The second kappa shape index (κ2) is 10.3. The number of para-hydroxylation sites is 2. The standard InChI is InChI=1S/C48H28N4/c1-2-12-30(13-3-1)45-38-28-25-29-11-4-5-14-33(29)46(38)50-48(49-45)31-23-26-32(27-24-31)51-40-20-9-16-35-37-18-8-17-36-34-15-6-7-19-39(34)52(47(36)37)42-22-10-21-41(51)44(42)43(35)40/h1-28H. The van der Waals surface area contributed by atoms with E-state index in [1.165, 1.54) is 65.3 Å². The summed E-state index contributed by atoms with van der Waals surface area (Å²) in [7, 11) is 0. The summed E-state index contributed by atoms with van der Waals surface area (Å²) in [6.07, 6.45) is 0. The Morgan fingerprint density at radius 3 is 1.87 bits per heavy atom. The third-order valence-electron chi connectivity index (χ3n) is 11.0. The Balaban J connectivity index is 1.11. The molecular weight excluding hydrogens is 633 g/mol. The summed E-state index contributed by atoms with van der Waals surface area (Å²) in [5.41, 5.74) is 11.2. The Bertz CT molecular complexity index is 3390. The van der Waals surface area contributed by atoms with Crippen molar-refractivity contribution in [3.8, 4) is 28.3 Å². The largest absolute Gasteiger partial charge is 0.309 e. The zero-order valence-electron chi connectivity index (χ0n) is 28.0. The maximum atomic E-state index is 5.23. The molecule has 4 heterocycles. The van der Waals surface area contributed by atoms with Gasteiger partial charge in [-0.15, -0.1) is 0 Å². The van der Waals surface area contributed by atoms with Crippen LogP contribution in [0.3, 0.4) is 0 Å². The van der Waals surface area contributed by atoms with Gasteiger partial charge in [-0.25, -0.2) is 9.97 Å². The van der Waals surface area contributed by atoms with Crippen LogP contribution < -0.4 is 0 Å². The average molecular weight is 661 g/mol. The van der Waals surface area contributed by atoms with Crippen molar-refractivity contribution < 1.29 is 0 Å². The highest BCUT2D eigenvalue weighted by Crippen LogP contribution is 2.44. The third kappa shape index (κ3) is 3.65. The predicted octanol–water partition coefficient (Wildman–Crippen LogP) is 12.4. The molecule has 0 fully saturated rings. The fourth-order valence-corrected chi connectivity index (χ4v) is 8.83. The summed E-state index contributed by atoms with van der Waals surface area (Å²) in [4.78, 5) is 10.5. The van der Waals surface area contributed by atoms with Crippen molar-refractivity contribution >= 4 is 81.6 Å². The van der Waals surface area contributed by atoms with Crippen LogP contribution in [-0.2, 0) is 0 Å². The number of aromatic nitrogens is 4. The van der Waals surface area contributed by atoms with Crippen LogP contribution >= 0.6 is 0 Å². The lowest BCUT2D eigenvalue weighted by atomic mass is 10.0. The van der Waals surface area contributed by atoms with Gasteiger partial charge < -0.3 is 8.97 Å². The van der Waals surface area contributed by atoms with Crippen LogP contribution in [0.15, 0.2) is 170 Å². The van der Waals surface area contributed by atoms with Gasteiger partial charge in [0.25, 0.3) is 0 Å². The molecule has 0 N–H and O–H groups in total. The van der Waals surface area contributed by atoms with E-state index in [2.05, 4.69) is 173 Å². The molecule has 0 aliphatic carbocycles. The Morgan fingerprint density at radius 2 is 1.00 bits per heavy atom. The Kier molecular flexibility index (Phi) is 5.47. The van der Waals surface area contributed by atoms with E-state index in [-0.39, 0.29) is 0 Å². The molecule has 0 bridgehead atoms. The lowest BCUT2D eigenvalue weighted by molar-refractivity contribution is 1.17. The quantitative estimate of drug-likeness (QED) is 0.177. The molecule has 4 aromatic heterocycles. The third-order valence-corrected chi connectivity index (χ3v) is 11.0. The molecule has 0 unspecified atom stereocenters. The van der Waals surface area contributed by atoms with Gasteiger partial charge in [0, 0.05) is 54.5 Å². The van der Waals surface area contributed by atoms with Crippen LogP contribution in [0.1, 0.15) is 0 Å². The number of hydrogen-bond acceptors (Lipinski definition) is 2. The Hall–Kier alpha value is -7.04. The van der Waals surface area contributed by atoms with Crippen molar-refractivity contribution in [2.75, 3.05) is 0 Å². The molecule has 0 aliphatic heterocycles. The zero-order chi connectivity index (χ0) is 33.9. The molecule has 52 heavy (non-hydrogen) atoms. The van der Waals surface area contributed by atoms with Crippen LogP contribution in [0, 0.1) is 0 Å². The molecular formula is C48H28N4.